The quantitative estimate of drug-likeness (QED) is 0.328. The minimum absolute atomic E-state index is 0.373. The number of rotatable bonds is 0. The minimum atomic E-state index is -0.882. The van der Waals surface area contributed by atoms with Gasteiger partial charge in [0, 0.05) is 6.04 Å². The smallest absolute Gasteiger partial charge is 0.0950 e. The third-order valence-electron chi connectivity index (χ3n) is 2.17. The van der Waals surface area contributed by atoms with Crippen LogP contribution in [-0.4, -0.2) is 39.7 Å². The molecule has 0 heterocycles. The van der Waals surface area contributed by atoms with Gasteiger partial charge in [0.15, 0.2) is 0 Å². The molecule has 0 aromatic heterocycles. The van der Waals surface area contributed by atoms with Crippen molar-refractivity contribution >= 4 is 0 Å². The molecule has 4 nitrogen and oxygen atoms in total. The van der Waals surface area contributed by atoms with Crippen LogP contribution in [0, 0.1) is 0 Å². The summed E-state index contributed by atoms with van der Waals surface area (Å²) in [6.07, 6.45) is -0.814. The van der Waals surface area contributed by atoms with Crippen LogP contribution in [0.5, 0.6) is 0 Å². The average molecular weight is 161 g/mol. The van der Waals surface area contributed by atoms with Crippen molar-refractivity contribution < 1.29 is 15.3 Å². The molecule has 0 bridgehead atoms. The van der Waals surface area contributed by atoms with E-state index in [0.29, 0.717) is 19.3 Å². The first kappa shape index (κ1) is 8.93. The van der Waals surface area contributed by atoms with Crippen molar-refractivity contribution in [1.29, 1.82) is 0 Å². The zero-order valence-electron chi connectivity index (χ0n) is 6.35. The zero-order valence-corrected chi connectivity index (χ0v) is 6.35. The van der Waals surface area contributed by atoms with Gasteiger partial charge in [-0.15, -0.1) is 0 Å². The van der Waals surface area contributed by atoms with Gasteiger partial charge in [0.1, 0.15) is 0 Å². The van der Waals surface area contributed by atoms with Crippen LogP contribution in [0.1, 0.15) is 19.3 Å². The van der Waals surface area contributed by atoms with E-state index in [4.69, 9.17) is 5.73 Å². The van der Waals surface area contributed by atoms with Crippen molar-refractivity contribution in [3.05, 3.63) is 0 Å². The van der Waals surface area contributed by atoms with E-state index in [1.807, 2.05) is 0 Å². The maximum atomic E-state index is 9.26. The SMILES string of the molecule is N[C@@H]1C[C@H](O)CC[C@@H](O)[C@@H]1O. The summed E-state index contributed by atoms with van der Waals surface area (Å²) in [5.41, 5.74) is 5.49. The topological polar surface area (TPSA) is 86.7 Å². The lowest BCUT2D eigenvalue weighted by Crippen LogP contribution is -2.42. The van der Waals surface area contributed by atoms with Gasteiger partial charge in [-0.05, 0) is 19.3 Å². The molecule has 0 aliphatic heterocycles. The maximum Gasteiger partial charge on any atom is 0.0950 e. The highest BCUT2D eigenvalue weighted by molar-refractivity contribution is 4.85. The van der Waals surface area contributed by atoms with Crippen molar-refractivity contribution in [2.24, 2.45) is 5.73 Å². The molecule has 66 valence electrons. The summed E-state index contributed by atoms with van der Waals surface area (Å²) in [5.74, 6) is 0. The summed E-state index contributed by atoms with van der Waals surface area (Å²) in [5, 5.41) is 27.7. The molecule has 1 fully saturated rings. The monoisotopic (exact) mass is 161 g/mol. The Morgan fingerprint density at radius 2 is 1.73 bits per heavy atom. The number of hydrogen-bond donors (Lipinski definition) is 4. The second-order valence-electron chi connectivity index (χ2n) is 3.19. The molecule has 1 saturated carbocycles. The van der Waals surface area contributed by atoms with E-state index in [9.17, 15) is 15.3 Å². The molecule has 0 spiro atoms. The van der Waals surface area contributed by atoms with Gasteiger partial charge in [0.2, 0.25) is 0 Å². The molecule has 0 radical (unpaired) electrons. The second-order valence-corrected chi connectivity index (χ2v) is 3.19. The predicted octanol–water partition coefficient (Wildman–Crippen LogP) is -1.42. The standard InChI is InChI=1S/C7H15NO3/c8-5-3-4(9)1-2-6(10)7(5)11/h4-7,9-11H,1-3,8H2/t4-,5-,6-,7-/m1/s1. The zero-order chi connectivity index (χ0) is 8.43. The molecule has 5 N–H and O–H groups in total. The molecular weight excluding hydrogens is 146 g/mol. The number of aliphatic hydroxyl groups is 3. The van der Waals surface area contributed by atoms with Gasteiger partial charge in [0.05, 0.1) is 18.3 Å². The van der Waals surface area contributed by atoms with Gasteiger partial charge in [0.25, 0.3) is 0 Å². The van der Waals surface area contributed by atoms with Crippen LogP contribution in [0.4, 0.5) is 0 Å². The minimum Gasteiger partial charge on any atom is -0.393 e. The first-order chi connectivity index (χ1) is 5.11. The molecule has 1 aliphatic rings. The molecule has 0 aromatic rings. The lowest BCUT2D eigenvalue weighted by Gasteiger charge is -2.19. The van der Waals surface area contributed by atoms with Crippen molar-refractivity contribution in [3.63, 3.8) is 0 Å². The molecule has 0 amide bonds. The van der Waals surface area contributed by atoms with E-state index in [2.05, 4.69) is 0 Å². The Morgan fingerprint density at radius 3 is 2.36 bits per heavy atom. The summed E-state index contributed by atoms with van der Waals surface area (Å²) in [6, 6.07) is -0.498. The third kappa shape index (κ3) is 2.13. The lowest BCUT2D eigenvalue weighted by molar-refractivity contribution is 0.00558. The molecule has 11 heavy (non-hydrogen) atoms. The van der Waals surface area contributed by atoms with Crippen LogP contribution in [-0.2, 0) is 0 Å². The molecule has 1 rings (SSSR count). The molecule has 1 aliphatic carbocycles. The third-order valence-corrected chi connectivity index (χ3v) is 2.17. The molecule has 4 atom stereocenters. The van der Waals surface area contributed by atoms with E-state index in [0.717, 1.165) is 0 Å². The Morgan fingerprint density at radius 1 is 1.09 bits per heavy atom. The number of hydrogen-bond acceptors (Lipinski definition) is 4. The number of aliphatic hydroxyl groups excluding tert-OH is 3. The molecule has 4 heteroatoms. The largest absolute Gasteiger partial charge is 0.393 e. The van der Waals surface area contributed by atoms with E-state index in [1.54, 1.807) is 0 Å². The van der Waals surface area contributed by atoms with Crippen LogP contribution in [0.2, 0.25) is 0 Å². The summed E-state index contributed by atoms with van der Waals surface area (Å²) in [6.45, 7) is 0. The summed E-state index contributed by atoms with van der Waals surface area (Å²) < 4.78 is 0. The van der Waals surface area contributed by atoms with Gasteiger partial charge < -0.3 is 21.1 Å². The second kappa shape index (κ2) is 3.49. The predicted molar refractivity (Wildman–Crippen MR) is 39.8 cm³/mol. The van der Waals surface area contributed by atoms with Gasteiger partial charge >= 0.3 is 0 Å². The van der Waals surface area contributed by atoms with Crippen LogP contribution < -0.4 is 5.73 Å². The fourth-order valence-corrected chi connectivity index (χ4v) is 1.39. The molecular formula is C7H15NO3. The maximum absolute atomic E-state index is 9.26. The highest BCUT2D eigenvalue weighted by atomic mass is 16.3. The van der Waals surface area contributed by atoms with Crippen LogP contribution in [0.3, 0.4) is 0 Å². The Hall–Kier alpha value is -0.160. The molecule has 0 aromatic carbocycles. The van der Waals surface area contributed by atoms with Gasteiger partial charge in [-0.25, -0.2) is 0 Å². The fourth-order valence-electron chi connectivity index (χ4n) is 1.39. The summed E-state index contributed by atoms with van der Waals surface area (Å²) >= 11 is 0. The van der Waals surface area contributed by atoms with Crippen molar-refractivity contribution in [2.45, 2.75) is 43.6 Å². The van der Waals surface area contributed by atoms with Crippen LogP contribution >= 0.6 is 0 Å². The van der Waals surface area contributed by atoms with E-state index in [1.165, 1.54) is 0 Å². The van der Waals surface area contributed by atoms with Gasteiger partial charge in [-0.1, -0.05) is 0 Å². The van der Waals surface area contributed by atoms with Gasteiger partial charge in [-0.2, -0.15) is 0 Å². The normalized spacial score (nSPS) is 46.9. The Labute approximate surface area is 65.6 Å². The first-order valence-corrected chi connectivity index (χ1v) is 3.91. The Balaban J connectivity index is 2.53. The molecule has 0 saturated heterocycles. The van der Waals surface area contributed by atoms with Gasteiger partial charge in [-0.3, -0.25) is 0 Å². The Bertz CT molecular complexity index is 131. The van der Waals surface area contributed by atoms with Crippen LogP contribution in [0.15, 0.2) is 0 Å². The highest BCUT2D eigenvalue weighted by Gasteiger charge is 2.29. The fraction of sp³-hybridized carbons (Fsp3) is 1.00. The Kier molecular flexibility index (Phi) is 2.84. The highest BCUT2D eigenvalue weighted by Crippen LogP contribution is 2.17. The van der Waals surface area contributed by atoms with Crippen molar-refractivity contribution in [1.82, 2.24) is 0 Å². The summed E-state index contributed by atoms with van der Waals surface area (Å²) in [4.78, 5) is 0. The summed E-state index contributed by atoms with van der Waals surface area (Å²) in [7, 11) is 0. The van der Waals surface area contributed by atoms with E-state index in [-0.39, 0.29) is 0 Å². The average Bonchev–Trinajstić information content (AvgIpc) is 2.05. The van der Waals surface area contributed by atoms with E-state index >= 15 is 0 Å². The van der Waals surface area contributed by atoms with E-state index < -0.39 is 24.4 Å². The first-order valence-electron chi connectivity index (χ1n) is 3.91. The number of nitrogens with two attached hydrogens (primary N) is 1. The molecule has 0 unspecified atom stereocenters. The van der Waals surface area contributed by atoms with Crippen LogP contribution in [0.25, 0.3) is 0 Å². The van der Waals surface area contributed by atoms with Crippen molar-refractivity contribution in [2.75, 3.05) is 0 Å². The van der Waals surface area contributed by atoms with Crippen molar-refractivity contribution in [3.8, 4) is 0 Å². The lowest BCUT2D eigenvalue weighted by atomic mass is 10.1.